The predicted molar refractivity (Wildman–Crippen MR) is 90.1 cm³/mol. The molecule has 3 aliphatic rings. The van der Waals surface area contributed by atoms with Gasteiger partial charge in [-0.1, -0.05) is 0 Å². The summed E-state index contributed by atoms with van der Waals surface area (Å²) >= 11 is 1.86. The van der Waals surface area contributed by atoms with Gasteiger partial charge in [0.2, 0.25) is 0 Å². The average molecular weight is 331 g/mol. The van der Waals surface area contributed by atoms with Crippen molar-refractivity contribution in [2.75, 3.05) is 24.6 Å². The van der Waals surface area contributed by atoms with Crippen LogP contribution >= 0.6 is 11.3 Å². The van der Waals surface area contributed by atoms with Crippen molar-refractivity contribution in [1.29, 1.82) is 0 Å². The topological polar surface area (TPSA) is 47.5 Å². The second kappa shape index (κ2) is 5.13. The largest absolute Gasteiger partial charge is 0.356 e. The van der Waals surface area contributed by atoms with E-state index >= 15 is 0 Å². The summed E-state index contributed by atoms with van der Waals surface area (Å²) in [6, 6.07) is 0. The van der Waals surface area contributed by atoms with Crippen molar-refractivity contribution >= 4 is 27.4 Å². The molecule has 1 spiro atoms. The van der Waals surface area contributed by atoms with Crippen LogP contribution in [0.1, 0.15) is 36.6 Å². The highest BCUT2D eigenvalue weighted by atomic mass is 32.1. The lowest BCUT2D eigenvalue weighted by Crippen LogP contribution is -2.45. The number of rotatable bonds is 1. The monoisotopic (exact) mass is 331 g/mol. The molecule has 0 unspecified atom stereocenters. The number of fused-ring (bicyclic) bond motifs is 3. The Bertz CT molecular complexity index is 752. The van der Waals surface area contributed by atoms with Crippen LogP contribution in [0.5, 0.6) is 0 Å². The van der Waals surface area contributed by atoms with E-state index in [2.05, 4.69) is 21.8 Å². The normalized spacial score (nSPS) is 26.3. The molecule has 0 amide bonds. The van der Waals surface area contributed by atoms with Crippen molar-refractivity contribution in [2.24, 2.45) is 0 Å². The maximum Gasteiger partial charge on any atom is 0.172 e. The van der Waals surface area contributed by atoms with E-state index in [1.807, 2.05) is 11.3 Å². The van der Waals surface area contributed by atoms with Crippen LogP contribution in [0, 0.1) is 0 Å². The van der Waals surface area contributed by atoms with Crippen LogP contribution in [-0.4, -0.2) is 41.6 Å². The number of hydrogen-bond donors (Lipinski definition) is 0. The Labute approximate surface area is 139 Å². The molecule has 122 valence electrons. The minimum atomic E-state index is -0.349. The van der Waals surface area contributed by atoms with Gasteiger partial charge < -0.3 is 14.4 Å². The van der Waals surface area contributed by atoms with E-state index in [0.29, 0.717) is 0 Å². The van der Waals surface area contributed by atoms with E-state index in [4.69, 9.17) is 9.47 Å². The molecule has 5 rings (SSSR count). The molecule has 0 saturated carbocycles. The molecule has 2 saturated heterocycles. The fraction of sp³-hybridized carbons (Fsp3) is 0.647. The Morgan fingerprint density at radius 1 is 1.26 bits per heavy atom. The van der Waals surface area contributed by atoms with E-state index in [9.17, 15) is 0 Å². The van der Waals surface area contributed by atoms with Gasteiger partial charge >= 0.3 is 0 Å². The van der Waals surface area contributed by atoms with Gasteiger partial charge in [-0.05, 0) is 31.7 Å². The van der Waals surface area contributed by atoms with Crippen LogP contribution in [0.25, 0.3) is 10.2 Å². The summed E-state index contributed by atoms with van der Waals surface area (Å²) in [5, 5.41) is 1.31. The Hall–Kier alpha value is -1.24. The van der Waals surface area contributed by atoms with E-state index in [-0.39, 0.29) is 11.9 Å². The van der Waals surface area contributed by atoms with Crippen LogP contribution in [0.15, 0.2) is 6.33 Å². The standard InChI is InChI=1S/C17H21N3O2S/c1-11-9-21-17(22-11)5-7-20(8-6-17)15-14-12-3-2-4-13(12)23-16(14)19-10-18-15/h10-11H,2-9H2,1H3/t11-/m0/s1. The van der Waals surface area contributed by atoms with E-state index in [1.165, 1.54) is 35.1 Å². The highest BCUT2D eigenvalue weighted by molar-refractivity contribution is 7.19. The van der Waals surface area contributed by atoms with Crippen molar-refractivity contribution in [3.63, 3.8) is 0 Å². The molecule has 6 heteroatoms. The number of hydrogen-bond acceptors (Lipinski definition) is 6. The molecule has 2 aliphatic heterocycles. The smallest absolute Gasteiger partial charge is 0.172 e. The average Bonchev–Trinajstić information content (AvgIpc) is 3.23. The summed E-state index contributed by atoms with van der Waals surface area (Å²) in [5.74, 6) is 0.772. The van der Waals surface area contributed by atoms with Gasteiger partial charge in [0, 0.05) is 30.8 Å². The molecule has 5 nitrogen and oxygen atoms in total. The van der Waals surface area contributed by atoms with Gasteiger partial charge in [-0.25, -0.2) is 9.97 Å². The lowest BCUT2D eigenvalue weighted by Gasteiger charge is -2.38. The van der Waals surface area contributed by atoms with Crippen LogP contribution < -0.4 is 4.90 Å². The predicted octanol–water partition coefficient (Wildman–Crippen LogP) is 2.91. The zero-order valence-corrected chi connectivity index (χ0v) is 14.2. The summed E-state index contributed by atoms with van der Waals surface area (Å²) in [5.41, 5.74) is 1.50. The summed E-state index contributed by atoms with van der Waals surface area (Å²) in [6.07, 6.45) is 7.42. The Morgan fingerprint density at radius 2 is 2.13 bits per heavy atom. The van der Waals surface area contributed by atoms with Crippen molar-refractivity contribution in [3.05, 3.63) is 16.8 Å². The van der Waals surface area contributed by atoms with Crippen molar-refractivity contribution < 1.29 is 9.47 Å². The third-order valence-electron chi connectivity index (χ3n) is 5.30. The number of thiophene rings is 1. The summed E-state index contributed by atoms with van der Waals surface area (Å²) in [7, 11) is 0. The Morgan fingerprint density at radius 3 is 2.91 bits per heavy atom. The molecule has 0 aromatic carbocycles. The molecule has 1 aliphatic carbocycles. The van der Waals surface area contributed by atoms with E-state index in [1.54, 1.807) is 6.33 Å². The molecule has 2 aromatic rings. The highest BCUT2D eigenvalue weighted by Gasteiger charge is 2.43. The first kappa shape index (κ1) is 14.1. The van der Waals surface area contributed by atoms with Crippen molar-refractivity contribution in [1.82, 2.24) is 9.97 Å². The fourth-order valence-corrected chi connectivity index (χ4v) is 5.40. The third-order valence-corrected chi connectivity index (χ3v) is 6.50. The quantitative estimate of drug-likeness (QED) is 0.804. The lowest BCUT2D eigenvalue weighted by molar-refractivity contribution is -0.178. The molecular formula is C17H21N3O2S. The fourth-order valence-electron chi connectivity index (χ4n) is 4.18. The van der Waals surface area contributed by atoms with Crippen LogP contribution in [0.4, 0.5) is 5.82 Å². The van der Waals surface area contributed by atoms with Gasteiger partial charge in [0.1, 0.15) is 17.0 Å². The first-order valence-electron chi connectivity index (χ1n) is 8.56. The SMILES string of the molecule is C[C@H]1COC2(CCN(c3ncnc4sc5c(c34)CCC5)CC2)O1. The Balaban J connectivity index is 1.46. The van der Waals surface area contributed by atoms with E-state index < -0.39 is 0 Å². The first-order valence-corrected chi connectivity index (χ1v) is 9.38. The van der Waals surface area contributed by atoms with Gasteiger partial charge in [-0.2, -0.15) is 0 Å². The van der Waals surface area contributed by atoms with E-state index in [0.717, 1.165) is 43.2 Å². The molecule has 0 N–H and O–H groups in total. The van der Waals surface area contributed by atoms with Gasteiger partial charge in [-0.15, -0.1) is 11.3 Å². The zero-order chi connectivity index (χ0) is 15.4. The van der Waals surface area contributed by atoms with Gasteiger partial charge in [0.25, 0.3) is 0 Å². The maximum absolute atomic E-state index is 6.04. The number of aryl methyl sites for hydroxylation is 2. The number of aromatic nitrogens is 2. The minimum absolute atomic E-state index is 0.215. The molecule has 23 heavy (non-hydrogen) atoms. The van der Waals surface area contributed by atoms with Gasteiger partial charge in [0.15, 0.2) is 5.79 Å². The molecule has 4 heterocycles. The molecule has 0 radical (unpaired) electrons. The van der Waals surface area contributed by atoms with Crippen LogP contribution in [-0.2, 0) is 22.3 Å². The molecule has 2 fully saturated rings. The number of ether oxygens (including phenoxy) is 2. The number of anilines is 1. The number of piperidine rings is 1. The van der Waals surface area contributed by atoms with Crippen molar-refractivity contribution in [3.8, 4) is 0 Å². The summed E-state index contributed by atoms with van der Waals surface area (Å²) in [6.45, 7) is 4.67. The Kier molecular flexibility index (Phi) is 3.15. The minimum Gasteiger partial charge on any atom is -0.356 e. The van der Waals surface area contributed by atoms with Crippen molar-refractivity contribution in [2.45, 2.75) is 50.9 Å². The zero-order valence-electron chi connectivity index (χ0n) is 13.4. The van der Waals surface area contributed by atoms with Gasteiger partial charge in [0.05, 0.1) is 18.1 Å². The summed E-state index contributed by atoms with van der Waals surface area (Å²) in [4.78, 5) is 14.2. The summed E-state index contributed by atoms with van der Waals surface area (Å²) < 4.78 is 12.0. The maximum atomic E-state index is 6.04. The highest BCUT2D eigenvalue weighted by Crippen LogP contribution is 2.42. The molecular weight excluding hydrogens is 310 g/mol. The number of nitrogens with zero attached hydrogens (tertiary/aromatic N) is 3. The second-order valence-electron chi connectivity index (χ2n) is 6.87. The molecule has 1 atom stereocenters. The van der Waals surface area contributed by atoms with Crippen LogP contribution in [0.2, 0.25) is 0 Å². The third kappa shape index (κ3) is 2.19. The first-order chi connectivity index (χ1) is 11.2. The molecule has 0 bridgehead atoms. The second-order valence-corrected chi connectivity index (χ2v) is 7.96. The lowest BCUT2D eigenvalue weighted by atomic mass is 10.0. The van der Waals surface area contributed by atoms with Gasteiger partial charge in [-0.3, -0.25) is 0 Å². The molecule has 2 aromatic heterocycles. The van der Waals surface area contributed by atoms with Crippen LogP contribution in [0.3, 0.4) is 0 Å².